The Balaban J connectivity index is 1.97. The number of amides is 1. The van der Waals surface area contributed by atoms with Gasteiger partial charge in [-0.15, -0.1) is 10.5 Å². The predicted octanol–water partition coefficient (Wildman–Crippen LogP) is 5.60. The van der Waals surface area contributed by atoms with E-state index < -0.39 is 12.1 Å². The molecular formula is C21H30N4O3. The molecule has 2 atom stereocenters. The smallest absolute Gasteiger partial charge is 0.426 e. The molecule has 2 unspecified atom stereocenters. The number of cyclic esters (lactones) is 1. The predicted molar refractivity (Wildman–Crippen MR) is 107 cm³/mol. The van der Waals surface area contributed by atoms with Gasteiger partial charge in [-0.25, -0.2) is 0 Å². The standard InChI is InChI=1S/C21H30N4O3/c1-2-3-4-5-6-7-11-14-18(15-17-12-9-8-10-13-17)20(26)19-16-28-21(27)25(19)24-23-22/h8-10,12-13,18-19H,2-7,11,14-16H2,1H3. The first kappa shape index (κ1) is 21.8. The fraction of sp³-hybridized carbons (Fsp3) is 0.619. The van der Waals surface area contributed by atoms with Crippen LogP contribution in [0.3, 0.4) is 0 Å². The van der Waals surface area contributed by atoms with Gasteiger partial charge in [0.05, 0.1) is 0 Å². The third kappa shape index (κ3) is 6.57. The molecule has 0 N–H and O–H groups in total. The summed E-state index contributed by atoms with van der Waals surface area (Å²) in [6.07, 6.45) is 8.89. The number of unbranched alkanes of at least 4 members (excludes halogenated alkanes) is 6. The third-order valence-corrected chi connectivity index (χ3v) is 5.20. The molecule has 0 aromatic heterocycles. The van der Waals surface area contributed by atoms with Gasteiger partial charge in [0.1, 0.15) is 6.61 Å². The first-order valence-electron chi connectivity index (χ1n) is 10.3. The summed E-state index contributed by atoms with van der Waals surface area (Å²) in [6, 6.07) is 9.04. The van der Waals surface area contributed by atoms with E-state index >= 15 is 0 Å². The number of hydrogen-bond acceptors (Lipinski definition) is 4. The molecule has 1 amide bonds. The highest BCUT2D eigenvalue weighted by molar-refractivity contribution is 5.91. The van der Waals surface area contributed by atoms with E-state index in [2.05, 4.69) is 17.1 Å². The third-order valence-electron chi connectivity index (χ3n) is 5.20. The molecule has 0 aliphatic carbocycles. The van der Waals surface area contributed by atoms with Gasteiger partial charge in [0.2, 0.25) is 6.04 Å². The van der Waals surface area contributed by atoms with E-state index in [1.54, 1.807) is 0 Å². The highest BCUT2D eigenvalue weighted by atomic mass is 16.6. The molecule has 1 aliphatic heterocycles. The second-order valence-electron chi connectivity index (χ2n) is 7.32. The van der Waals surface area contributed by atoms with Crippen molar-refractivity contribution in [3.63, 3.8) is 0 Å². The topological polar surface area (TPSA) is 95.4 Å². The summed E-state index contributed by atoms with van der Waals surface area (Å²) in [5, 5.41) is 4.19. The van der Waals surface area contributed by atoms with Crippen molar-refractivity contribution in [2.75, 3.05) is 6.61 Å². The average molecular weight is 386 g/mol. The lowest BCUT2D eigenvalue weighted by atomic mass is 9.87. The van der Waals surface area contributed by atoms with Crippen LogP contribution < -0.4 is 0 Å². The summed E-state index contributed by atoms with van der Waals surface area (Å²) in [4.78, 5) is 27.5. The van der Waals surface area contributed by atoms with Crippen molar-refractivity contribution in [2.24, 2.45) is 11.1 Å². The molecule has 2 rings (SSSR count). The van der Waals surface area contributed by atoms with Crippen LogP contribution in [0.15, 0.2) is 35.6 Å². The fourth-order valence-corrected chi connectivity index (χ4v) is 3.62. The Morgan fingerprint density at radius 2 is 1.89 bits per heavy atom. The van der Waals surface area contributed by atoms with Crippen LogP contribution in [0.2, 0.25) is 0 Å². The van der Waals surface area contributed by atoms with Gasteiger partial charge < -0.3 is 4.74 Å². The number of ketones is 1. The summed E-state index contributed by atoms with van der Waals surface area (Å²) < 4.78 is 4.93. The molecule has 152 valence electrons. The maximum absolute atomic E-state index is 13.1. The van der Waals surface area contributed by atoms with Crippen molar-refractivity contribution >= 4 is 11.9 Å². The van der Waals surface area contributed by atoms with E-state index in [9.17, 15) is 9.59 Å². The van der Waals surface area contributed by atoms with Gasteiger partial charge in [0.15, 0.2) is 5.78 Å². The van der Waals surface area contributed by atoms with Crippen LogP contribution in [0.4, 0.5) is 4.79 Å². The molecule has 0 saturated carbocycles. The molecule has 1 saturated heterocycles. The van der Waals surface area contributed by atoms with Crippen molar-refractivity contribution in [1.29, 1.82) is 0 Å². The number of carbonyl (C=O) groups excluding carboxylic acids is 2. The van der Waals surface area contributed by atoms with Crippen LogP contribution in [0.25, 0.3) is 10.4 Å². The van der Waals surface area contributed by atoms with Crippen LogP contribution in [0.5, 0.6) is 0 Å². The Kier molecular flexibility index (Phi) is 9.35. The lowest BCUT2D eigenvalue weighted by Gasteiger charge is -2.19. The van der Waals surface area contributed by atoms with Gasteiger partial charge in [-0.3, -0.25) is 4.79 Å². The SMILES string of the molecule is CCCCCCCCCC(Cc1ccccc1)C(=O)C1COC(=O)N1N=[N+]=[N-]. The van der Waals surface area contributed by atoms with Gasteiger partial charge in [-0.1, -0.05) is 82.2 Å². The van der Waals surface area contributed by atoms with Crippen LogP contribution in [-0.2, 0) is 16.0 Å². The number of ether oxygens (including phenoxy) is 1. The van der Waals surface area contributed by atoms with E-state index in [1.807, 2.05) is 30.3 Å². The van der Waals surface area contributed by atoms with Crippen LogP contribution in [0.1, 0.15) is 63.9 Å². The molecule has 1 heterocycles. The molecule has 28 heavy (non-hydrogen) atoms. The first-order chi connectivity index (χ1) is 13.7. The molecule has 1 aromatic rings. The maximum Gasteiger partial charge on any atom is 0.511 e. The van der Waals surface area contributed by atoms with Crippen LogP contribution >= 0.6 is 0 Å². The van der Waals surface area contributed by atoms with Crippen molar-refractivity contribution in [2.45, 2.75) is 70.8 Å². The number of carbonyl (C=O) groups is 2. The van der Waals surface area contributed by atoms with Gasteiger partial charge in [-0.05, 0) is 23.6 Å². The minimum Gasteiger partial charge on any atom is -0.426 e. The molecule has 1 aromatic carbocycles. The quantitative estimate of drug-likeness (QED) is 0.191. The summed E-state index contributed by atoms with van der Waals surface area (Å²) in [5.41, 5.74) is 9.76. The molecule has 1 fully saturated rings. The zero-order valence-corrected chi connectivity index (χ0v) is 16.6. The van der Waals surface area contributed by atoms with E-state index in [-0.39, 0.29) is 18.3 Å². The summed E-state index contributed by atoms with van der Waals surface area (Å²) >= 11 is 0. The number of Topliss-reactive ketones (excluding diaryl/α,β-unsaturated/α-hetero) is 1. The second-order valence-corrected chi connectivity index (χ2v) is 7.32. The van der Waals surface area contributed by atoms with Crippen molar-refractivity contribution in [1.82, 2.24) is 5.01 Å². The molecule has 0 spiro atoms. The Labute approximate surface area is 166 Å². The monoisotopic (exact) mass is 386 g/mol. The van der Waals surface area contributed by atoms with Gasteiger partial charge in [-0.2, -0.15) is 9.71 Å². The van der Waals surface area contributed by atoms with E-state index in [1.165, 1.54) is 32.1 Å². The summed E-state index contributed by atoms with van der Waals surface area (Å²) in [5.74, 6) is -0.318. The highest BCUT2D eigenvalue weighted by Gasteiger charge is 2.44. The lowest BCUT2D eigenvalue weighted by molar-refractivity contribution is -0.127. The minimum absolute atomic E-state index is 0.0566. The molecule has 7 heteroatoms. The van der Waals surface area contributed by atoms with Crippen molar-refractivity contribution in [3.8, 4) is 0 Å². The molecule has 0 bridgehead atoms. The zero-order chi connectivity index (χ0) is 20.2. The Bertz CT molecular complexity index is 673. The number of rotatable bonds is 13. The van der Waals surface area contributed by atoms with E-state index in [4.69, 9.17) is 10.3 Å². The first-order valence-corrected chi connectivity index (χ1v) is 10.3. The Morgan fingerprint density at radius 3 is 2.57 bits per heavy atom. The largest absolute Gasteiger partial charge is 0.511 e. The molecule has 7 nitrogen and oxygen atoms in total. The van der Waals surface area contributed by atoms with E-state index in [0.29, 0.717) is 6.42 Å². The Hall–Kier alpha value is -2.53. The second kappa shape index (κ2) is 12.0. The van der Waals surface area contributed by atoms with Gasteiger partial charge >= 0.3 is 6.09 Å². The average Bonchev–Trinajstić information content (AvgIpc) is 3.07. The van der Waals surface area contributed by atoms with Crippen LogP contribution in [-0.4, -0.2) is 29.5 Å². The summed E-state index contributed by atoms with van der Waals surface area (Å²) in [7, 11) is 0. The molecule has 1 aliphatic rings. The number of hydrogen-bond donors (Lipinski definition) is 0. The minimum atomic E-state index is -0.832. The van der Waals surface area contributed by atoms with Gasteiger partial charge in [0.25, 0.3) is 0 Å². The number of nitrogens with zero attached hydrogens (tertiary/aromatic N) is 4. The highest BCUT2D eigenvalue weighted by Crippen LogP contribution is 2.24. The number of benzene rings is 1. The normalized spacial score (nSPS) is 17.1. The zero-order valence-electron chi connectivity index (χ0n) is 16.6. The van der Waals surface area contributed by atoms with Gasteiger partial charge in [0, 0.05) is 5.92 Å². The summed E-state index contributed by atoms with van der Waals surface area (Å²) in [6.45, 7) is 2.15. The van der Waals surface area contributed by atoms with Crippen LogP contribution in [0, 0.1) is 5.92 Å². The lowest BCUT2D eigenvalue weighted by Crippen LogP contribution is -2.40. The fourth-order valence-electron chi connectivity index (χ4n) is 3.62. The molecule has 0 radical (unpaired) electrons. The Morgan fingerprint density at radius 1 is 1.21 bits per heavy atom. The van der Waals surface area contributed by atoms with E-state index in [0.717, 1.165) is 29.8 Å². The number of azide groups is 1. The van der Waals surface area contributed by atoms with Crippen molar-refractivity contribution in [3.05, 3.63) is 46.3 Å². The van der Waals surface area contributed by atoms with Crippen molar-refractivity contribution < 1.29 is 14.3 Å². The molecular weight excluding hydrogens is 356 g/mol. The maximum atomic E-state index is 13.1.